The first-order valence-electron chi connectivity index (χ1n) is 7.74. The number of amides is 1. The number of nitrogens with zero attached hydrogens (tertiary/aromatic N) is 3. The number of benzene rings is 2. The molecule has 1 aromatic heterocycles. The van der Waals surface area contributed by atoms with Gasteiger partial charge in [0.25, 0.3) is 11.6 Å². The second-order valence-corrected chi connectivity index (χ2v) is 5.63. The topological polar surface area (TPSA) is 90.1 Å². The molecule has 0 saturated carbocycles. The number of nitrogens with one attached hydrogen (secondary N) is 1. The van der Waals surface area contributed by atoms with E-state index in [-0.39, 0.29) is 16.8 Å². The van der Waals surface area contributed by atoms with Gasteiger partial charge in [-0.3, -0.25) is 14.9 Å². The van der Waals surface area contributed by atoms with Crippen LogP contribution in [0.2, 0.25) is 0 Å². The Balaban J connectivity index is 1.98. The zero-order valence-corrected chi connectivity index (χ0v) is 13.8. The number of nitro benzene ring substituents is 1. The molecule has 0 aliphatic carbocycles. The van der Waals surface area contributed by atoms with Crippen LogP contribution in [-0.2, 0) is 7.05 Å². The van der Waals surface area contributed by atoms with Gasteiger partial charge in [-0.25, -0.2) is 9.37 Å². The van der Waals surface area contributed by atoms with E-state index >= 15 is 0 Å². The Labute approximate surface area is 148 Å². The number of hydrogen-bond acceptors (Lipinski definition) is 4. The van der Waals surface area contributed by atoms with Gasteiger partial charge in [0.1, 0.15) is 17.7 Å². The van der Waals surface area contributed by atoms with E-state index in [1.54, 1.807) is 42.2 Å². The maximum Gasteiger partial charge on any atom is 0.270 e. The van der Waals surface area contributed by atoms with Crippen molar-refractivity contribution in [3.05, 3.63) is 93.8 Å². The molecule has 1 heterocycles. The Bertz CT molecular complexity index is 970. The fraction of sp³-hybridized carbons (Fsp3) is 0.111. The Morgan fingerprint density at radius 3 is 2.69 bits per heavy atom. The van der Waals surface area contributed by atoms with Crippen molar-refractivity contribution in [2.75, 3.05) is 0 Å². The number of carbonyl (C=O) groups is 1. The summed E-state index contributed by atoms with van der Waals surface area (Å²) in [5.41, 5.74) is 0.160. The van der Waals surface area contributed by atoms with Crippen molar-refractivity contribution >= 4 is 11.6 Å². The van der Waals surface area contributed by atoms with E-state index < -0.39 is 22.7 Å². The van der Waals surface area contributed by atoms with Gasteiger partial charge in [-0.1, -0.05) is 24.3 Å². The smallest absolute Gasteiger partial charge is 0.270 e. The lowest BCUT2D eigenvalue weighted by Crippen LogP contribution is -2.31. The zero-order valence-electron chi connectivity index (χ0n) is 13.8. The Kier molecular flexibility index (Phi) is 4.74. The van der Waals surface area contributed by atoms with Crippen LogP contribution < -0.4 is 5.32 Å². The van der Waals surface area contributed by atoms with Gasteiger partial charge in [-0.2, -0.15) is 0 Å². The lowest BCUT2D eigenvalue weighted by Gasteiger charge is -2.19. The van der Waals surface area contributed by atoms with Crippen LogP contribution in [0.3, 0.4) is 0 Å². The third kappa shape index (κ3) is 3.44. The van der Waals surface area contributed by atoms with Crippen LogP contribution in [0.5, 0.6) is 0 Å². The van der Waals surface area contributed by atoms with E-state index in [0.717, 1.165) is 0 Å². The molecule has 0 spiro atoms. The molecule has 3 rings (SSSR count). The lowest BCUT2D eigenvalue weighted by atomic mass is 10.0. The number of hydrogen-bond donors (Lipinski definition) is 1. The van der Waals surface area contributed by atoms with Crippen LogP contribution in [0.15, 0.2) is 60.9 Å². The van der Waals surface area contributed by atoms with Crippen molar-refractivity contribution in [2.45, 2.75) is 6.04 Å². The first kappa shape index (κ1) is 17.3. The van der Waals surface area contributed by atoms with Crippen molar-refractivity contribution < 1.29 is 14.1 Å². The van der Waals surface area contributed by atoms with Crippen molar-refractivity contribution in [3.63, 3.8) is 0 Å². The predicted octanol–water partition coefficient (Wildman–Crippen LogP) is 2.99. The van der Waals surface area contributed by atoms with Crippen molar-refractivity contribution in [1.82, 2.24) is 14.9 Å². The molecule has 0 aliphatic rings. The number of non-ortho nitro benzene ring substituents is 1. The van der Waals surface area contributed by atoms with Gasteiger partial charge < -0.3 is 9.88 Å². The lowest BCUT2D eigenvalue weighted by molar-refractivity contribution is -0.384. The minimum Gasteiger partial charge on any atom is -0.338 e. The normalized spacial score (nSPS) is 11.8. The molecule has 3 aromatic rings. The Morgan fingerprint density at radius 1 is 1.27 bits per heavy atom. The number of aromatic nitrogens is 2. The molecule has 8 heteroatoms. The molecule has 0 radical (unpaired) electrons. The summed E-state index contributed by atoms with van der Waals surface area (Å²) in [5.74, 6) is -0.612. The standard InChI is InChI=1S/C18H15FN4O3/c1-22-10-9-20-17(22)16(14-7-2-3-8-15(14)19)21-18(24)12-5-4-6-13(11-12)23(25)26/h2-11,16H,1H3,(H,21,24)/t16-/m0/s1. The summed E-state index contributed by atoms with van der Waals surface area (Å²) in [6.45, 7) is 0. The summed E-state index contributed by atoms with van der Waals surface area (Å²) in [6, 6.07) is 10.6. The number of carbonyl (C=O) groups excluding carboxylic acids is 1. The third-order valence-electron chi connectivity index (χ3n) is 3.93. The van der Waals surface area contributed by atoms with Gasteiger partial charge >= 0.3 is 0 Å². The highest BCUT2D eigenvalue weighted by atomic mass is 19.1. The van der Waals surface area contributed by atoms with Crippen LogP contribution >= 0.6 is 0 Å². The van der Waals surface area contributed by atoms with Gasteiger partial charge in [0.15, 0.2) is 0 Å². The average Bonchev–Trinajstić information content (AvgIpc) is 3.06. The number of imidazole rings is 1. The summed E-state index contributed by atoms with van der Waals surface area (Å²) in [5, 5.41) is 13.6. The number of halogens is 1. The van der Waals surface area contributed by atoms with E-state index in [1.807, 2.05) is 0 Å². The van der Waals surface area contributed by atoms with E-state index in [2.05, 4.69) is 10.3 Å². The molecule has 1 atom stereocenters. The van der Waals surface area contributed by atoms with E-state index in [9.17, 15) is 19.3 Å². The third-order valence-corrected chi connectivity index (χ3v) is 3.93. The highest BCUT2D eigenvalue weighted by molar-refractivity contribution is 5.95. The summed E-state index contributed by atoms with van der Waals surface area (Å²) in [7, 11) is 1.73. The largest absolute Gasteiger partial charge is 0.338 e. The Morgan fingerprint density at radius 2 is 2.04 bits per heavy atom. The molecule has 0 saturated heterocycles. The molecule has 26 heavy (non-hydrogen) atoms. The van der Waals surface area contributed by atoms with Gasteiger partial charge in [0, 0.05) is 42.7 Å². The minimum absolute atomic E-state index is 0.106. The van der Waals surface area contributed by atoms with Crippen LogP contribution in [0.1, 0.15) is 27.8 Å². The molecule has 1 N–H and O–H groups in total. The summed E-state index contributed by atoms with van der Waals surface area (Å²) < 4.78 is 16.0. The molecule has 7 nitrogen and oxygen atoms in total. The fourth-order valence-corrected chi connectivity index (χ4v) is 2.62. The highest BCUT2D eigenvalue weighted by Gasteiger charge is 2.24. The monoisotopic (exact) mass is 354 g/mol. The zero-order chi connectivity index (χ0) is 18.7. The second-order valence-electron chi connectivity index (χ2n) is 5.63. The number of rotatable bonds is 5. The molecule has 1 amide bonds. The first-order valence-corrected chi connectivity index (χ1v) is 7.74. The fourth-order valence-electron chi connectivity index (χ4n) is 2.62. The second kappa shape index (κ2) is 7.14. The van der Waals surface area contributed by atoms with Crippen LogP contribution in [-0.4, -0.2) is 20.4 Å². The molecule has 0 unspecified atom stereocenters. The van der Waals surface area contributed by atoms with Gasteiger partial charge in [-0.15, -0.1) is 0 Å². The summed E-state index contributed by atoms with van der Waals surface area (Å²) in [4.78, 5) is 27.2. The quantitative estimate of drug-likeness (QED) is 0.563. The summed E-state index contributed by atoms with van der Waals surface area (Å²) >= 11 is 0. The first-order chi connectivity index (χ1) is 12.5. The van der Waals surface area contributed by atoms with Crippen LogP contribution in [0.25, 0.3) is 0 Å². The van der Waals surface area contributed by atoms with Gasteiger partial charge in [0.2, 0.25) is 0 Å². The molecular formula is C18H15FN4O3. The molecular weight excluding hydrogens is 339 g/mol. The Hall–Kier alpha value is -3.55. The molecule has 132 valence electrons. The van der Waals surface area contributed by atoms with Crippen LogP contribution in [0, 0.1) is 15.9 Å². The number of nitro groups is 1. The highest BCUT2D eigenvalue weighted by Crippen LogP contribution is 2.24. The maximum absolute atomic E-state index is 14.3. The van der Waals surface area contributed by atoms with Gasteiger partial charge in [-0.05, 0) is 12.1 Å². The van der Waals surface area contributed by atoms with E-state index in [1.165, 1.54) is 30.3 Å². The molecule has 0 fully saturated rings. The van der Waals surface area contributed by atoms with E-state index in [4.69, 9.17) is 0 Å². The minimum atomic E-state index is -0.844. The van der Waals surface area contributed by atoms with Crippen LogP contribution in [0.4, 0.5) is 10.1 Å². The molecule has 0 aliphatic heterocycles. The summed E-state index contributed by atoms with van der Waals surface area (Å²) in [6.07, 6.45) is 3.23. The maximum atomic E-state index is 14.3. The van der Waals surface area contributed by atoms with Crippen molar-refractivity contribution in [3.8, 4) is 0 Å². The average molecular weight is 354 g/mol. The number of aryl methyl sites for hydroxylation is 1. The molecule has 0 bridgehead atoms. The van der Waals surface area contributed by atoms with Gasteiger partial charge in [0.05, 0.1) is 4.92 Å². The molecule has 2 aromatic carbocycles. The van der Waals surface area contributed by atoms with E-state index in [0.29, 0.717) is 5.82 Å². The predicted molar refractivity (Wildman–Crippen MR) is 92.0 cm³/mol. The SMILES string of the molecule is Cn1ccnc1[C@@H](NC(=O)c1cccc([N+](=O)[O-])c1)c1ccccc1F. The van der Waals surface area contributed by atoms with Crippen molar-refractivity contribution in [1.29, 1.82) is 0 Å². The van der Waals surface area contributed by atoms with Crippen molar-refractivity contribution in [2.24, 2.45) is 7.05 Å².